The van der Waals surface area contributed by atoms with Crippen LogP contribution in [0.25, 0.3) is 0 Å². The van der Waals surface area contributed by atoms with Crippen molar-refractivity contribution in [1.29, 1.82) is 0 Å². The fourth-order valence-electron chi connectivity index (χ4n) is 3.17. The molecule has 3 rings (SSSR count). The first-order chi connectivity index (χ1) is 13.5. The van der Waals surface area contributed by atoms with Gasteiger partial charge < -0.3 is 19.7 Å². The Hall–Kier alpha value is -2.73. The van der Waals surface area contributed by atoms with Gasteiger partial charge in [0.05, 0.1) is 35.5 Å². The van der Waals surface area contributed by atoms with Crippen LogP contribution < -0.4 is 19.7 Å². The number of hydrogen-bond acceptors (Lipinski definition) is 4. The molecule has 1 unspecified atom stereocenters. The predicted molar refractivity (Wildman–Crippen MR) is 109 cm³/mol. The molecule has 1 aliphatic heterocycles. The molecule has 0 aromatic heterocycles. The van der Waals surface area contributed by atoms with Gasteiger partial charge in [-0.15, -0.1) is 0 Å². The smallest absolute Gasteiger partial charge is 0.229 e. The van der Waals surface area contributed by atoms with Crippen molar-refractivity contribution in [3.63, 3.8) is 0 Å². The van der Waals surface area contributed by atoms with E-state index in [-0.39, 0.29) is 24.8 Å². The highest BCUT2D eigenvalue weighted by molar-refractivity contribution is 6.33. The van der Waals surface area contributed by atoms with E-state index in [0.717, 1.165) is 0 Å². The number of benzene rings is 2. The molecular formula is C21H23ClN2O4. The molecule has 0 radical (unpaired) electrons. The summed E-state index contributed by atoms with van der Waals surface area (Å²) in [5.41, 5.74) is 1.15. The Morgan fingerprint density at radius 1 is 1.18 bits per heavy atom. The van der Waals surface area contributed by atoms with E-state index >= 15 is 0 Å². The van der Waals surface area contributed by atoms with Crippen LogP contribution in [0.4, 0.5) is 11.4 Å². The predicted octanol–water partition coefficient (Wildman–Crippen LogP) is 4.13. The SMILES string of the molecule is CCOc1ccc(OCC)c(NC(=O)C2CC(=O)N(c3ccccc3Cl)C2)c1. The van der Waals surface area contributed by atoms with Crippen molar-refractivity contribution in [2.24, 2.45) is 5.92 Å². The van der Waals surface area contributed by atoms with E-state index in [1.165, 1.54) is 0 Å². The van der Waals surface area contributed by atoms with E-state index in [0.29, 0.717) is 41.1 Å². The molecular weight excluding hydrogens is 380 g/mol. The molecule has 1 aliphatic rings. The number of nitrogens with zero attached hydrogens (tertiary/aromatic N) is 1. The number of halogens is 1. The molecule has 1 saturated heterocycles. The summed E-state index contributed by atoms with van der Waals surface area (Å²) in [6.07, 6.45) is 0.131. The van der Waals surface area contributed by atoms with Gasteiger partial charge in [0.1, 0.15) is 11.5 Å². The number of amides is 2. The molecule has 2 aromatic carbocycles. The van der Waals surface area contributed by atoms with Gasteiger partial charge in [-0.25, -0.2) is 0 Å². The first kappa shape index (κ1) is 20.0. The lowest BCUT2D eigenvalue weighted by Gasteiger charge is -2.18. The molecule has 0 aliphatic carbocycles. The van der Waals surface area contributed by atoms with Crippen molar-refractivity contribution < 1.29 is 19.1 Å². The van der Waals surface area contributed by atoms with Gasteiger partial charge in [-0.1, -0.05) is 23.7 Å². The molecule has 6 nitrogen and oxygen atoms in total. The topological polar surface area (TPSA) is 67.9 Å². The Morgan fingerprint density at radius 3 is 2.64 bits per heavy atom. The van der Waals surface area contributed by atoms with Crippen LogP contribution in [-0.4, -0.2) is 31.6 Å². The monoisotopic (exact) mass is 402 g/mol. The van der Waals surface area contributed by atoms with Crippen LogP contribution in [-0.2, 0) is 9.59 Å². The first-order valence-corrected chi connectivity index (χ1v) is 9.66. The summed E-state index contributed by atoms with van der Waals surface area (Å²) < 4.78 is 11.1. The number of hydrogen-bond donors (Lipinski definition) is 1. The van der Waals surface area contributed by atoms with Crippen LogP contribution in [0, 0.1) is 5.92 Å². The molecule has 28 heavy (non-hydrogen) atoms. The number of anilines is 2. The fourth-order valence-corrected chi connectivity index (χ4v) is 3.40. The summed E-state index contributed by atoms with van der Waals surface area (Å²) in [5, 5.41) is 3.37. The van der Waals surface area contributed by atoms with Gasteiger partial charge in [-0.05, 0) is 38.1 Å². The van der Waals surface area contributed by atoms with E-state index in [1.807, 2.05) is 19.9 Å². The van der Waals surface area contributed by atoms with Crippen LogP contribution in [0.2, 0.25) is 5.02 Å². The van der Waals surface area contributed by atoms with Crippen molar-refractivity contribution in [1.82, 2.24) is 0 Å². The van der Waals surface area contributed by atoms with Crippen molar-refractivity contribution in [2.75, 3.05) is 30.0 Å². The van der Waals surface area contributed by atoms with Crippen molar-refractivity contribution in [2.45, 2.75) is 20.3 Å². The zero-order chi connectivity index (χ0) is 20.1. The van der Waals surface area contributed by atoms with Crippen LogP contribution in [0.5, 0.6) is 11.5 Å². The lowest BCUT2D eigenvalue weighted by Crippen LogP contribution is -2.28. The second-order valence-corrected chi connectivity index (χ2v) is 6.78. The number of carbonyl (C=O) groups excluding carboxylic acids is 2. The lowest BCUT2D eigenvalue weighted by atomic mass is 10.1. The highest BCUT2D eigenvalue weighted by atomic mass is 35.5. The van der Waals surface area contributed by atoms with E-state index in [4.69, 9.17) is 21.1 Å². The van der Waals surface area contributed by atoms with Gasteiger partial charge >= 0.3 is 0 Å². The molecule has 0 bridgehead atoms. The summed E-state index contributed by atoms with van der Waals surface area (Å²) in [7, 11) is 0. The normalized spacial score (nSPS) is 16.2. The third-order valence-electron chi connectivity index (χ3n) is 4.46. The van der Waals surface area contributed by atoms with E-state index in [1.54, 1.807) is 41.3 Å². The fraction of sp³-hybridized carbons (Fsp3) is 0.333. The minimum atomic E-state index is -0.478. The average molecular weight is 403 g/mol. The minimum Gasteiger partial charge on any atom is -0.494 e. The summed E-state index contributed by atoms with van der Waals surface area (Å²) in [4.78, 5) is 26.8. The highest BCUT2D eigenvalue weighted by Gasteiger charge is 2.36. The maximum Gasteiger partial charge on any atom is 0.229 e. The van der Waals surface area contributed by atoms with Gasteiger partial charge in [0, 0.05) is 19.0 Å². The van der Waals surface area contributed by atoms with Gasteiger partial charge in [0.2, 0.25) is 11.8 Å². The minimum absolute atomic E-state index is 0.124. The molecule has 2 aromatic rings. The number of rotatable bonds is 7. The molecule has 148 valence electrons. The number of para-hydroxylation sites is 1. The second-order valence-electron chi connectivity index (χ2n) is 6.37. The second kappa shape index (κ2) is 8.97. The molecule has 0 saturated carbocycles. The van der Waals surface area contributed by atoms with Gasteiger partial charge in [-0.2, -0.15) is 0 Å². The summed E-state index contributed by atoms with van der Waals surface area (Å²) >= 11 is 6.20. The lowest BCUT2D eigenvalue weighted by molar-refractivity contribution is -0.122. The summed E-state index contributed by atoms with van der Waals surface area (Å²) in [5.74, 6) is 0.362. The van der Waals surface area contributed by atoms with Gasteiger partial charge in [-0.3, -0.25) is 9.59 Å². The summed E-state index contributed by atoms with van der Waals surface area (Å²) in [6.45, 7) is 5.04. The molecule has 1 atom stereocenters. The molecule has 1 fully saturated rings. The zero-order valence-electron chi connectivity index (χ0n) is 15.9. The van der Waals surface area contributed by atoms with Crippen LogP contribution in [0.1, 0.15) is 20.3 Å². The Labute approximate surface area is 169 Å². The number of ether oxygens (including phenoxy) is 2. The van der Waals surface area contributed by atoms with Crippen molar-refractivity contribution >= 4 is 34.8 Å². The summed E-state index contributed by atoms with van der Waals surface area (Å²) in [6, 6.07) is 12.4. The quantitative estimate of drug-likeness (QED) is 0.756. The van der Waals surface area contributed by atoms with E-state index in [2.05, 4.69) is 5.32 Å². The van der Waals surface area contributed by atoms with E-state index < -0.39 is 5.92 Å². The third-order valence-corrected chi connectivity index (χ3v) is 4.78. The van der Waals surface area contributed by atoms with Crippen molar-refractivity contribution in [3.8, 4) is 11.5 Å². The standard InChI is InChI=1S/C21H23ClN2O4/c1-3-27-15-9-10-19(28-4-2)17(12-15)23-21(26)14-11-20(25)24(13-14)18-8-6-5-7-16(18)22/h5-10,12,14H,3-4,11,13H2,1-2H3,(H,23,26). The van der Waals surface area contributed by atoms with Gasteiger partial charge in [0.15, 0.2) is 0 Å². The van der Waals surface area contributed by atoms with Crippen LogP contribution >= 0.6 is 11.6 Å². The van der Waals surface area contributed by atoms with Crippen LogP contribution in [0.15, 0.2) is 42.5 Å². The van der Waals surface area contributed by atoms with E-state index in [9.17, 15) is 9.59 Å². The average Bonchev–Trinajstić information content (AvgIpc) is 3.06. The largest absolute Gasteiger partial charge is 0.494 e. The van der Waals surface area contributed by atoms with Gasteiger partial charge in [0.25, 0.3) is 0 Å². The third kappa shape index (κ3) is 4.39. The number of nitrogens with one attached hydrogen (secondary N) is 1. The Morgan fingerprint density at radius 2 is 1.93 bits per heavy atom. The zero-order valence-corrected chi connectivity index (χ0v) is 16.7. The highest BCUT2D eigenvalue weighted by Crippen LogP contribution is 2.33. The molecule has 1 N–H and O–H groups in total. The van der Waals surface area contributed by atoms with Crippen molar-refractivity contribution in [3.05, 3.63) is 47.5 Å². The molecule has 0 spiro atoms. The Bertz CT molecular complexity index is 871. The Kier molecular flexibility index (Phi) is 6.41. The molecule has 1 heterocycles. The first-order valence-electron chi connectivity index (χ1n) is 9.28. The molecule has 7 heteroatoms. The Balaban J connectivity index is 1.76. The maximum absolute atomic E-state index is 12.8. The maximum atomic E-state index is 12.8. The number of carbonyl (C=O) groups is 2. The molecule has 2 amide bonds. The van der Waals surface area contributed by atoms with Crippen LogP contribution in [0.3, 0.4) is 0 Å².